The first-order valence-electron chi connectivity index (χ1n) is 18.3. The maximum atomic E-state index is 14.3. The molecule has 1 rings (SSSR count). The summed E-state index contributed by atoms with van der Waals surface area (Å²) in [4.78, 5) is 89.1. The van der Waals surface area contributed by atoms with Gasteiger partial charge in [-0.15, -0.1) is 6.58 Å². The summed E-state index contributed by atoms with van der Waals surface area (Å²) in [6.07, 6.45) is 4.67. The van der Waals surface area contributed by atoms with Gasteiger partial charge in [0, 0.05) is 48.1 Å². The molecule has 0 aromatic heterocycles. The molecule has 1 aromatic carbocycles. The number of rotatable bonds is 20. The fraction of sp³-hybridized carbons (Fsp3) is 0.650. The lowest BCUT2D eigenvalue weighted by Gasteiger charge is -2.41. The minimum atomic E-state index is -0.980. The molecule has 0 aliphatic heterocycles. The van der Waals surface area contributed by atoms with Crippen LogP contribution in [-0.4, -0.2) is 133 Å². The van der Waals surface area contributed by atoms with Crippen LogP contribution in [0.5, 0.6) is 0 Å². The van der Waals surface area contributed by atoms with Gasteiger partial charge in [0.1, 0.15) is 30.2 Å². The lowest BCUT2D eigenvalue weighted by molar-refractivity contribution is -0.158. The summed E-state index contributed by atoms with van der Waals surface area (Å²) in [5.41, 5.74) is 0.843. The highest BCUT2D eigenvalue weighted by Gasteiger charge is 2.43. The minimum absolute atomic E-state index is 0.144. The van der Waals surface area contributed by atoms with Crippen molar-refractivity contribution in [3.8, 4) is 0 Å². The van der Waals surface area contributed by atoms with Crippen molar-refractivity contribution >= 4 is 35.5 Å². The molecule has 0 saturated heterocycles. The molecule has 1 aromatic rings. The predicted octanol–water partition coefficient (Wildman–Crippen LogP) is 4.27. The molecule has 0 bridgehead atoms. The van der Waals surface area contributed by atoms with E-state index in [0.29, 0.717) is 12.8 Å². The van der Waals surface area contributed by atoms with E-state index >= 15 is 0 Å². The van der Waals surface area contributed by atoms with Gasteiger partial charge in [0.25, 0.3) is 0 Å². The van der Waals surface area contributed by atoms with E-state index in [1.165, 1.54) is 52.8 Å². The Morgan fingerprint density at radius 3 is 1.50 bits per heavy atom. The van der Waals surface area contributed by atoms with Crippen molar-refractivity contribution in [3.05, 3.63) is 48.6 Å². The zero-order valence-corrected chi connectivity index (χ0v) is 33.9. The predicted molar refractivity (Wildman–Crippen MR) is 204 cm³/mol. The Morgan fingerprint density at radius 1 is 0.635 bits per heavy atom. The normalized spacial score (nSPS) is 14.2. The smallest absolute Gasteiger partial charge is 0.328 e. The van der Waals surface area contributed by atoms with E-state index in [2.05, 4.69) is 6.58 Å². The van der Waals surface area contributed by atoms with Gasteiger partial charge in [-0.05, 0) is 49.5 Å². The largest absolute Gasteiger partial charge is 0.467 e. The summed E-state index contributed by atoms with van der Waals surface area (Å²) in [5.74, 6) is -3.35. The molecule has 0 N–H and O–H groups in total. The SMILES string of the molecule is C=CCCCCC(=O)N(C)[C@H](C(=O)N(C)[C@H](C(=O)N(C)[C@H](C(=O)N(C)[C@@H](C)C(=O)N(C)[C@@H](Cc1ccccc1)C(=O)OC)C(C)C)C(C)C)C(C)C. The third kappa shape index (κ3) is 11.9. The van der Waals surface area contributed by atoms with Crippen molar-refractivity contribution in [2.75, 3.05) is 42.3 Å². The third-order valence-corrected chi connectivity index (χ3v) is 9.89. The number of hydrogen-bond donors (Lipinski definition) is 0. The minimum Gasteiger partial charge on any atom is -0.467 e. The summed E-state index contributed by atoms with van der Waals surface area (Å²) < 4.78 is 5.02. The number of amides is 5. The van der Waals surface area contributed by atoms with Crippen LogP contribution >= 0.6 is 0 Å². The molecular weight excluding hydrogens is 662 g/mol. The maximum Gasteiger partial charge on any atom is 0.328 e. The number of carbonyl (C=O) groups excluding carboxylic acids is 6. The molecular formula is C40H65N5O7. The van der Waals surface area contributed by atoms with Gasteiger partial charge in [0.15, 0.2) is 0 Å². The first kappa shape index (κ1) is 45.8. The molecule has 5 amide bonds. The molecule has 0 aliphatic rings. The molecule has 52 heavy (non-hydrogen) atoms. The van der Waals surface area contributed by atoms with Crippen molar-refractivity contribution in [3.63, 3.8) is 0 Å². The fourth-order valence-electron chi connectivity index (χ4n) is 6.65. The molecule has 0 aliphatic carbocycles. The van der Waals surface area contributed by atoms with E-state index in [1.54, 1.807) is 21.0 Å². The van der Waals surface area contributed by atoms with Crippen LogP contribution in [0.1, 0.15) is 79.7 Å². The van der Waals surface area contributed by atoms with E-state index in [9.17, 15) is 28.8 Å². The van der Waals surface area contributed by atoms with E-state index in [0.717, 1.165) is 18.4 Å². The number of allylic oxidation sites excluding steroid dienone is 1. The molecule has 292 valence electrons. The number of hydrogen-bond acceptors (Lipinski definition) is 7. The van der Waals surface area contributed by atoms with Crippen molar-refractivity contribution in [1.82, 2.24) is 24.5 Å². The first-order chi connectivity index (χ1) is 24.3. The average Bonchev–Trinajstić information content (AvgIpc) is 3.10. The second-order valence-electron chi connectivity index (χ2n) is 14.8. The van der Waals surface area contributed by atoms with Gasteiger partial charge in [-0.1, -0.05) is 78.0 Å². The Kier molecular flexibility index (Phi) is 18.8. The van der Waals surface area contributed by atoms with Crippen molar-refractivity contribution in [2.45, 2.75) is 111 Å². The lowest BCUT2D eigenvalue weighted by Crippen LogP contribution is -2.61. The number of methoxy groups -OCH3 is 1. The molecule has 0 heterocycles. The molecule has 0 spiro atoms. The highest BCUT2D eigenvalue weighted by molar-refractivity contribution is 5.96. The van der Waals surface area contributed by atoms with Crippen LogP contribution in [0.25, 0.3) is 0 Å². The van der Waals surface area contributed by atoms with Crippen molar-refractivity contribution in [1.29, 1.82) is 0 Å². The van der Waals surface area contributed by atoms with Crippen LogP contribution in [0, 0.1) is 17.8 Å². The topological polar surface area (TPSA) is 128 Å². The summed E-state index contributed by atoms with van der Waals surface area (Å²) >= 11 is 0. The van der Waals surface area contributed by atoms with Gasteiger partial charge < -0.3 is 29.2 Å². The molecule has 0 saturated carbocycles. The molecule has 12 nitrogen and oxygen atoms in total. The first-order valence-corrected chi connectivity index (χ1v) is 18.3. The Morgan fingerprint density at radius 2 is 1.08 bits per heavy atom. The monoisotopic (exact) mass is 727 g/mol. The van der Waals surface area contributed by atoms with Gasteiger partial charge in [0.05, 0.1) is 7.11 Å². The van der Waals surface area contributed by atoms with Crippen LogP contribution in [-0.2, 0) is 39.9 Å². The van der Waals surface area contributed by atoms with Crippen LogP contribution in [0.4, 0.5) is 0 Å². The van der Waals surface area contributed by atoms with Crippen molar-refractivity contribution < 1.29 is 33.5 Å². The van der Waals surface area contributed by atoms with Gasteiger partial charge in [-0.25, -0.2) is 4.79 Å². The Hall–Kier alpha value is -4.22. The quantitative estimate of drug-likeness (QED) is 0.112. The van der Waals surface area contributed by atoms with E-state index in [-0.39, 0.29) is 36.0 Å². The fourth-order valence-corrected chi connectivity index (χ4v) is 6.65. The zero-order chi connectivity index (χ0) is 40.0. The van der Waals surface area contributed by atoms with Crippen LogP contribution in [0.2, 0.25) is 0 Å². The standard InChI is InChI=1S/C40H65N5O7/c1-15-16-17-21-24-32(46)43(11)33(26(2)3)38(49)45(13)35(28(6)7)39(50)44(12)34(27(4)5)37(48)41(9)29(8)36(47)42(10)31(40(51)52-14)25-30-22-19-18-20-23-30/h15,18-20,22-23,26-29,31,33-35H,1,16-17,21,24-25H2,2-14H3/t29-,31-,33-,34-,35-/m0/s1. The number of unbranched alkanes of at least 4 members (excludes halogenated alkanes) is 2. The van der Waals surface area contributed by atoms with Crippen LogP contribution < -0.4 is 0 Å². The number of ether oxygens (including phenoxy) is 1. The highest BCUT2D eigenvalue weighted by atomic mass is 16.5. The lowest BCUT2D eigenvalue weighted by atomic mass is 9.94. The molecule has 5 atom stereocenters. The van der Waals surface area contributed by atoms with Gasteiger partial charge in [0.2, 0.25) is 29.5 Å². The second kappa shape index (κ2) is 21.3. The Balaban J connectivity index is 3.31. The van der Waals surface area contributed by atoms with Gasteiger partial charge in [-0.3, -0.25) is 24.0 Å². The van der Waals surface area contributed by atoms with E-state index < -0.39 is 53.9 Å². The average molecular weight is 728 g/mol. The highest BCUT2D eigenvalue weighted by Crippen LogP contribution is 2.23. The van der Waals surface area contributed by atoms with Gasteiger partial charge >= 0.3 is 5.97 Å². The number of nitrogens with zero attached hydrogens (tertiary/aromatic N) is 5. The maximum absolute atomic E-state index is 14.3. The third-order valence-electron chi connectivity index (χ3n) is 9.89. The van der Waals surface area contributed by atoms with E-state index in [4.69, 9.17) is 4.74 Å². The Labute approximate surface area is 312 Å². The summed E-state index contributed by atoms with van der Waals surface area (Å²) in [7, 11) is 9.01. The number of benzene rings is 1. The molecule has 12 heteroatoms. The molecule has 0 fully saturated rings. The number of likely N-dealkylation sites (N-methyl/N-ethyl adjacent to an activating group) is 5. The number of carbonyl (C=O) groups is 6. The molecule has 0 unspecified atom stereocenters. The van der Waals surface area contributed by atoms with Gasteiger partial charge in [-0.2, -0.15) is 0 Å². The summed E-state index contributed by atoms with van der Waals surface area (Å²) in [5, 5.41) is 0. The summed E-state index contributed by atoms with van der Waals surface area (Å²) in [6, 6.07) is 4.68. The zero-order valence-electron chi connectivity index (χ0n) is 33.9. The number of esters is 1. The second-order valence-corrected chi connectivity index (χ2v) is 14.8. The summed E-state index contributed by atoms with van der Waals surface area (Å²) in [6.45, 7) is 16.3. The van der Waals surface area contributed by atoms with Crippen LogP contribution in [0.3, 0.4) is 0 Å². The van der Waals surface area contributed by atoms with E-state index in [1.807, 2.05) is 78.0 Å². The van der Waals surface area contributed by atoms with Crippen LogP contribution in [0.15, 0.2) is 43.0 Å². The Bertz CT molecular complexity index is 1370. The van der Waals surface area contributed by atoms with Crippen molar-refractivity contribution in [2.24, 2.45) is 17.8 Å². The molecule has 0 radical (unpaired) electrons.